The van der Waals surface area contributed by atoms with E-state index in [0.29, 0.717) is 17.2 Å². The Bertz CT molecular complexity index is 494. The fraction of sp³-hybridized carbons (Fsp3) is 0.650. The van der Waals surface area contributed by atoms with Crippen LogP contribution >= 0.6 is 0 Å². The number of pyridine rings is 1. The van der Waals surface area contributed by atoms with Gasteiger partial charge in [0.2, 0.25) is 0 Å². The molecule has 0 aliphatic heterocycles. The minimum Gasteiger partial charge on any atom is -0.261 e. The largest absolute Gasteiger partial charge is 0.418 e. The lowest BCUT2D eigenvalue weighted by Crippen LogP contribution is -2.25. The van der Waals surface area contributed by atoms with Gasteiger partial charge in [0.25, 0.3) is 0 Å². The summed E-state index contributed by atoms with van der Waals surface area (Å²) in [5.74, 6) is 0.770. The van der Waals surface area contributed by atoms with Gasteiger partial charge in [-0.25, -0.2) is 0 Å². The Hall–Kier alpha value is -1.32. The fourth-order valence-electron chi connectivity index (χ4n) is 3.15. The first-order valence-electron chi connectivity index (χ1n) is 8.83. The summed E-state index contributed by atoms with van der Waals surface area (Å²) >= 11 is 0. The van der Waals surface area contributed by atoms with Gasteiger partial charge in [-0.1, -0.05) is 46.6 Å². The van der Waals surface area contributed by atoms with E-state index in [9.17, 15) is 13.2 Å². The minimum atomic E-state index is -4.31. The van der Waals surface area contributed by atoms with E-state index in [4.69, 9.17) is 0 Å². The monoisotopic (exact) mass is 343 g/mol. The topological polar surface area (TPSA) is 12.9 Å². The maximum absolute atomic E-state index is 13.1. The Kier molecular flexibility index (Phi) is 9.95. The Morgan fingerprint density at radius 3 is 2.25 bits per heavy atom. The molecule has 1 saturated carbocycles. The summed E-state index contributed by atoms with van der Waals surface area (Å²) < 4.78 is 39.4. The summed E-state index contributed by atoms with van der Waals surface area (Å²) in [5, 5.41) is 0. The lowest BCUT2D eigenvalue weighted by Gasteiger charge is -2.35. The van der Waals surface area contributed by atoms with Crippen LogP contribution in [0.2, 0.25) is 0 Å². The van der Waals surface area contributed by atoms with Crippen LogP contribution in [0.15, 0.2) is 24.9 Å². The summed E-state index contributed by atoms with van der Waals surface area (Å²) in [5.41, 5.74) is 0.552. The van der Waals surface area contributed by atoms with Gasteiger partial charge >= 0.3 is 6.18 Å². The molecule has 0 N–H and O–H groups in total. The molecule has 1 fully saturated rings. The second kappa shape index (κ2) is 10.5. The number of aryl methyl sites for hydroxylation is 1. The van der Waals surface area contributed by atoms with Crippen LogP contribution in [0, 0.1) is 18.8 Å². The summed E-state index contributed by atoms with van der Waals surface area (Å²) in [6, 6.07) is 1.63. The first-order valence-corrected chi connectivity index (χ1v) is 8.83. The van der Waals surface area contributed by atoms with Gasteiger partial charge in [0.05, 0.1) is 5.56 Å². The zero-order valence-corrected chi connectivity index (χ0v) is 15.9. The minimum absolute atomic E-state index is 0.00192. The number of allylic oxidation sites excluding steroid dienone is 1. The molecule has 4 heteroatoms. The highest BCUT2D eigenvalue weighted by atomic mass is 19.4. The zero-order chi connectivity index (χ0) is 18.9. The van der Waals surface area contributed by atoms with Crippen molar-refractivity contribution in [2.24, 2.45) is 11.8 Å². The summed E-state index contributed by atoms with van der Waals surface area (Å²) in [6.45, 7) is 15.2. The predicted octanol–water partition coefficient (Wildman–Crippen LogP) is 7.17. The van der Waals surface area contributed by atoms with E-state index in [1.807, 2.05) is 20.8 Å². The number of nitrogens with zero attached hydrogens (tertiary/aromatic N) is 1. The maximum Gasteiger partial charge on any atom is 0.418 e. The number of hydrogen-bond acceptors (Lipinski definition) is 1. The van der Waals surface area contributed by atoms with E-state index in [1.165, 1.54) is 0 Å². The van der Waals surface area contributed by atoms with Crippen molar-refractivity contribution in [3.05, 3.63) is 41.7 Å². The third kappa shape index (κ3) is 6.29. The van der Waals surface area contributed by atoms with Crippen LogP contribution in [-0.2, 0) is 6.18 Å². The molecule has 1 aliphatic rings. The van der Waals surface area contributed by atoms with Crippen molar-refractivity contribution in [2.75, 3.05) is 0 Å². The Morgan fingerprint density at radius 2 is 1.75 bits per heavy atom. The van der Waals surface area contributed by atoms with E-state index in [2.05, 4.69) is 25.4 Å². The van der Waals surface area contributed by atoms with Gasteiger partial charge in [0, 0.05) is 11.9 Å². The molecule has 1 aromatic rings. The van der Waals surface area contributed by atoms with Crippen LogP contribution in [0.25, 0.3) is 0 Å². The molecule has 0 saturated heterocycles. The highest BCUT2D eigenvalue weighted by Gasteiger charge is 2.38. The predicted molar refractivity (Wildman–Crippen MR) is 96.1 cm³/mol. The average molecular weight is 343 g/mol. The number of hydrogen-bond donors (Lipinski definition) is 0. The molecule has 3 unspecified atom stereocenters. The molecule has 1 aliphatic carbocycles. The molecule has 3 atom stereocenters. The second-order valence-electron chi connectivity index (χ2n) is 6.19. The molecule has 0 radical (unpaired) electrons. The Labute approximate surface area is 145 Å². The summed E-state index contributed by atoms with van der Waals surface area (Å²) in [4.78, 5) is 3.83. The maximum atomic E-state index is 13.1. The molecule has 0 aromatic carbocycles. The normalized spacial score (nSPS) is 23.3. The van der Waals surface area contributed by atoms with Crippen LogP contribution in [0.5, 0.6) is 0 Å². The lowest BCUT2D eigenvalue weighted by molar-refractivity contribution is -0.138. The molecule has 1 aromatic heterocycles. The van der Waals surface area contributed by atoms with Crippen molar-refractivity contribution in [1.29, 1.82) is 0 Å². The van der Waals surface area contributed by atoms with Gasteiger partial charge in [-0.05, 0) is 49.7 Å². The highest BCUT2D eigenvalue weighted by molar-refractivity contribution is 5.33. The van der Waals surface area contributed by atoms with E-state index in [1.54, 1.807) is 19.1 Å². The standard InChI is InChI=1S/C15H20F3N.C3H6.C2H6/c1-9-5-4-6-12(11(9)3)13-7-10(2)19-8-14(13)15(16,17)18;1-3-2;1-2/h7-9,11-12H,4-6H2,1-3H3;3H,1H2,2H3;1-2H3. The molecule has 0 amide bonds. The van der Waals surface area contributed by atoms with Crippen LogP contribution in [-0.4, -0.2) is 4.98 Å². The van der Waals surface area contributed by atoms with Crippen LogP contribution in [0.4, 0.5) is 13.2 Å². The average Bonchev–Trinajstić information content (AvgIpc) is 2.51. The molecule has 24 heavy (non-hydrogen) atoms. The number of rotatable bonds is 1. The molecular formula is C20H32F3N. The van der Waals surface area contributed by atoms with Gasteiger partial charge in [-0.3, -0.25) is 4.98 Å². The van der Waals surface area contributed by atoms with Crippen LogP contribution < -0.4 is 0 Å². The lowest BCUT2D eigenvalue weighted by atomic mass is 9.70. The first kappa shape index (κ1) is 22.7. The van der Waals surface area contributed by atoms with E-state index in [0.717, 1.165) is 25.5 Å². The number of halogens is 3. The number of aromatic nitrogens is 1. The molecule has 2 rings (SSSR count). The number of alkyl halides is 3. The van der Waals surface area contributed by atoms with Gasteiger partial charge in [-0.15, -0.1) is 6.58 Å². The van der Waals surface area contributed by atoms with Gasteiger partial charge < -0.3 is 0 Å². The van der Waals surface area contributed by atoms with Crippen molar-refractivity contribution in [3.8, 4) is 0 Å². The molecular weight excluding hydrogens is 311 g/mol. The van der Waals surface area contributed by atoms with Crippen LogP contribution in [0.1, 0.15) is 76.6 Å². The van der Waals surface area contributed by atoms with Crippen molar-refractivity contribution in [3.63, 3.8) is 0 Å². The summed E-state index contributed by atoms with van der Waals surface area (Å²) in [7, 11) is 0. The summed E-state index contributed by atoms with van der Waals surface area (Å²) in [6.07, 6.45) is 1.41. The zero-order valence-electron chi connectivity index (χ0n) is 15.9. The molecule has 0 bridgehead atoms. The molecule has 1 heterocycles. The fourth-order valence-corrected chi connectivity index (χ4v) is 3.15. The second-order valence-corrected chi connectivity index (χ2v) is 6.19. The Balaban J connectivity index is 0.000000952. The van der Waals surface area contributed by atoms with Gasteiger partial charge in [0.1, 0.15) is 0 Å². The quantitative estimate of drug-likeness (QED) is 0.493. The van der Waals surface area contributed by atoms with E-state index < -0.39 is 11.7 Å². The third-order valence-corrected chi connectivity index (χ3v) is 4.48. The Morgan fingerprint density at radius 1 is 1.21 bits per heavy atom. The highest BCUT2D eigenvalue weighted by Crippen LogP contribution is 2.45. The molecule has 0 spiro atoms. The third-order valence-electron chi connectivity index (χ3n) is 4.48. The van der Waals surface area contributed by atoms with Crippen molar-refractivity contribution >= 4 is 0 Å². The SMILES string of the molecule is C=CC.CC.Cc1cc(C2CCCC(C)C2C)c(C(F)(F)F)cn1. The molecule has 138 valence electrons. The van der Waals surface area contributed by atoms with E-state index >= 15 is 0 Å². The smallest absolute Gasteiger partial charge is 0.261 e. The van der Waals surface area contributed by atoms with Crippen LogP contribution in [0.3, 0.4) is 0 Å². The van der Waals surface area contributed by atoms with Gasteiger partial charge in [0.15, 0.2) is 0 Å². The van der Waals surface area contributed by atoms with Crippen molar-refractivity contribution < 1.29 is 13.2 Å². The first-order chi connectivity index (χ1) is 11.2. The molecule has 1 nitrogen and oxygen atoms in total. The van der Waals surface area contributed by atoms with E-state index in [-0.39, 0.29) is 11.8 Å². The van der Waals surface area contributed by atoms with Crippen molar-refractivity contribution in [1.82, 2.24) is 4.98 Å². The van der Waals surface area contributed by atoms with Gasteiger partial charge in [-0.2, -0.15) is 13.2 Å². The van der Waals surface area contributed by atoms with Crippen molar-refractivity contribution in [2.45, 2.75) is 72.9 Å².